The first-order chi connectivity index (χ1) is 11.1. The van der Waals surface area contributed by atoms with E-state index in [0.717, 1.165) is 22.0 Å². The van der Waals surface area contributed by atoms with Crippen molar-refractivity contribution in [1.29, 1.82) is 0 Å². The summed E-state index contributed by atoms with van der Waals surface area (Å²) in [7, 11) is 0. The van der Waals surface area contributed by atoms with Crippen molar-refractivity contribution in [2.45, 2.75) is 0 Å². The number of aromatic amines is 1. The second-order valence-corrected chi connectivity index (χ2v) is 5.58. The number of H-pyrrole nitrogens is 1. The van der Waals surface area contributed by atoms with Crippen LogP contribution in [0.4, 0.5) is 0 Å². The van der Waals surface area contributed by atoms with Crippen LogP contribution in [0.5, 0.6) is 0 Å². The molecule has 0 fully saturated rings. The van der Waals surface area contributed by atoms with Gasteiger partial charge in [-0.2, -0.15) is 5.10 Å². The summed E-state index contributed by atoms with van der Waals surface area (Å²) in [6, 6.07) is 5.68. The molecule has 3 aromatic rings. The lowest BCUT2D eigenvalue weighted by atomic mass is 10.1. The number of aromatic nitrogens is 3. The van der Waals surface area contributed by atoms with E-state index in [1.54, 1.807) is 12.4 Å². The zero-order valence-corrected chi connectivity index (χ0v) is 13.2. The molecule has 0 bridgehead atoms. The second-order valence-electron chi connectivity index (χ2n) is 5.14. The van der Waals surface area contributed by atoms with Gasteiger partial charge in [0.1, 0.15) is 5.82 Å². The Morgan fingerprint density at radius 2 is 2.26 bits per heavy atom. The van der Waals surface area contributed by atoms with Crippen LogP contribution < -0.4 is 17.3 Å². The molecule has 0 aliphatic rings. The Morgan fingerprint density at radius 1 is 1.43 bits per heavy atom. The summed E-state index contributed by atoms with van der Waals surface area (Å²) in [5.41, 5.74) is 14.6. The summed E-state index contributed by atoms with van der Waals surface area (Å²) in [6.07, 6.45) is 7.18. The lowest BCUT2D eigenvalue weighted by Gasteiger charge is -2.14. The van der Waals surface area contributed by atoms with Crippen LogP contribution in [0, 0.1) is 0 Å². The van der Waals surface area contributed by atoms with Crippen LogP contribution in [-0.2, 0) is 0 Å². The normalized spacial score (nSPS) is 12.0. The fourth-order valence-corrected chi connectivity index (χ4v) is 2.65. The van der Waals surface area contributed by atoms with E-state index in [1.807, 2.05) is 35.2 Å². The zero-order valence-electron chi connectivity index (χ0n) is 12.4. The van der Waals surface area contributed by atoms with Crippen LogP contribution in [-0.4, -0.2) is 32.9 Å². The first-order valence-corrected chi connectivity index (χ1v) is 7.47. The number of hydrazine groups is 1. The number of halogens is 1. The molecule has 0 radical (unpaired) electrons. The summed E-state index contributed by atoms with van der Waals surface area (Å²) < 4.78 is 1.85. The van der Waals surface area contributed by atoms with Gasteiger partial charge in [-0.3, -0.25) is 5.10 Å². The van der Waals surface area contributed by atoms with E-state index in [2.05, 4.69) is 10.2 Å². The minimum Gasteiger partial charge on any atom is -0.384 e. The number of benzene rings is 1. The highest BCUT2D eigenvalue weighted by Crippen LogP contribution is 2.32. The molecular weight excluding hydrogens is 314 g/mol. The van der Waals surface area contributed by atoms with Gasteiger partial charge in [-0.1, -0.05) is 17.7 Å². The second kappa shape index (κ2) is 6.33. The Bertz CT molecular complexity index is 835. The maximum Gasteiger partial charge on any atom is 0.125 e. The van der Waals surface area contributed by atoms with E-state index in [-0.39, 0.29) is 0 Å². The van der Waals surface area contributed by atoms with E-state index in [9.17, 15) is 0 Å². The van der Waals surface area contributed by atoms with Crippen LogP contribution in [0.25, 0.3) is 27.9 Å². The number of nitrogens with one attached hydrogen (secondary N) is 1. The molecule has 0 amide bonds. The van der Waals surface area contributed by atoms with Crippen LogP contribution >= 0.6 is 11.6 Å². The predicted molar refractivity (Wildman–Crippen MR) is 92.9 cm³/mol. The molecular formula is C15H18ClN7. The van der Waals surface area contributed by atoms with Crippen LogP contribution in [0.2, 0.25) is 5.02 Å². The molecule has 1 aromatic carbocycles. The number of rotatable bonds is 5. The Morgan fingerprint density at radius 3 is 2.96 bits per heavy atom. The Hall–Kier alpha value is -2.48. The highest BCUT2D eigenvalue weighted by Gasteiger charge is 2.13. The van der Waals surface area contributed by atoms with Gasteiger partial charge in [0.15, 0.2) is 0 Å². The third kappa shape index (κ3) is 3.02. The highest BCUT2D eigenvalue weighted by atomic mass is 35.5. The fourth-order valence-electron chi connectivity index (χ4n) is 2.49. The smallest absolute Gasteiger partial charge is 0.125 e. The average Bonchev–Trinajstić information content (AvgIpc) is 3.13. The summed E-state index contributed by atoms with van der Waals surface area (Å²) in [6.45, 7) is 0.952. The van der Waals surface area contributed by atoms with E-state index >= 15 is 0 Å². The number of hydrogen-bond acceptors (Lipinski definition) is 5. The van der Waals surface area contributed by atoms with Crippen molar-refractivity contribution in [1.82, 2.24) is 19.8 Å². The SMILES string of the molecule is NCCN(N)/C=C(\N)n1cc(-c2cn[nH]c2)c2ccc(Cl)cc21. The number of nitrogens with two attached hydrogens (primary N) is 3. The molecule has 7 N–H and O–H groups in total. The molecule has 0 atom stereocenters. The highest BCUT2D eigenvalue weighted by molar-refractivity contribution is 6.31. The number of hydrogen-bond donors (Lipinski definition) is 4. The van der Waals surface area contributed by atoms with Gasteiger partial charge in [-0.05, 0) is 12.1 Å². The summed E-state index contributed by atoms with van der Waals surface area (Å²) in [5, 5.41) is 9.94. The lowest BCUT2D eigenvalue weighted by molar-refractivity contribution is 0.404. The molecule has 3 rings (SSSR count). The van der Waals surface area contributed by atoms with Gasteiger partial charge in [-0.25, -0.2) is 5.84 Å². The number of fused-ring (bicyclic) bond motifs is 1. The van der Waals surface area contributed by atoms with E-state index in [0.29, 0.717) is 23.9 Å². The van der Waals surface area contributed by atoms with Gasteiger partial charge in [0.05, 0.1) is 17.9 Å². The number of nitrogens with zero attached hydrogens (tertiary/aromatic N) is 3. The molecule has 0 aliphatic carbocycles. The quantitative estimate of drug-likeness (QED) is 0.418. The Balaban J connectivity index is 2.15. The predicted octanol–water partition coefficient (Wildman–Crippen LogP) is 1.53. The lowest BCUT2D eigenvalue weighted by Crippen LogP contribution is -2.32. The molecule has 7 nitrogen and oxygen atoms in total. The van der Waals surface area contributed by atoms with Gasteiger partial charge in [0.25, 0.3) is 0 Å². The van der Waals surface area contributed by atoms with E-state index in [4.69, 9.17) is 28.9 Å². The van der Waals surface area contributed by atoms with Crippen LogP contribution in [0.3, 0.4) is 0 Å². The average molecular weight is 332 g/mol. The zero-order chi connectivity index (χ0) is 16.4. The molecule has 0 aliphatic heterocycles. The summed E-state index contributed by atoms with van der Waals surface area (Å²) in [4.78, 5) is 0. The van der Waals surface area contributed by atoms with Gasteiger partial charge in [0, 0.05) is 47.0 Å². The largest absolute Gasteiger partial charge is 0.384 e. The third-order valence-corrected chi connectivity index (χ3v) is 3.78. The van der Waals surface area contributed by atoms with Crippen molar-refractivity contribution in [3.63, 3.8) is 0 Å². The molecule has 8 heteroatoms. The first kappa shape index (κ1) is 15.4. The van der Waals surface area contributed by atoms with Gasteiger partial charge < -0.3 is 21.0 Å². The molecule has 120 valence electrons. The van der Waals surface area contributed by atoms with E-state index < -0.39 is 0 Å². The maximum atomic E-state index is 6.20. The van der Waals surface area contributed by atoms with Crippen molar-refractivity contribution in [3.05, 3.63) is 48.0 Å². The standard InChI is InChI=1S/C15H18ClN7/c16-11-1-2-12-13(10-6-20-21-7-10)8-23(14(12)5-11)15(18)9-22(19)4-3-17/h1-2,5-9H,3-4,17-19H2,(H,20,21)/b15-9+. The van der Waals surface area contributed by atoms with Crippen molar-refractivity contribution >= 4 is 28.3 Å². The molecule has 2 heterocycles. The van der Waals surface area contributed by atoms with Crippen molar-refractivity contribution < 1.29 is 0 Å². The molecule has 0 saturated heterocycles. The van der Waals surface area contributed by atoms with Gasteiger partial charge in [0.2, 0.25) is 0 Å². The fraction of sp³-hybridized carbons (Fsp3) is 0.133. The Kier molecular flexibility index (Phi) is 4.24. The van der Waals surface area contributed by atoms with Gasteiger partial charge in [-0.15, -0.1) is 0 Å². The summed E-state index contributed by atoms with van der Waals surface area (Å²) in [5.74, 6) is 6.32. The molecule has 2 aromatic heterocycles. The topological polar surface area (TPSA) is 115 Å². The van der Waals surface area contributed by atoms with Crippen molar-refractivity contribution in [3.8, 4) is 11.1 Å². The monoisotopic (exact) mass is 331 g/mol. The van der Waals surface area contributed by atoms with Crippen LogP contribution in [0.1, 0.15) is 0 Å². The molecule has 23 heavy (non-hydrogen) atoms. The molecule has 0 spiro atoms. The van der Waals surface area contributed by atoms with Gasteiger partial charge >= 0.3 is 0 Å². The van der Waals surface area contributed by atoms with Crippen molar-refractivity contribution in [2.24, 2.45) is 17.3 Å². The minimum absolute atomic E-state index is 0.443. The summed E-state index contributed by atoms with van der Waals surface area (Å²) >= 11 is 6.14. The third-order valence-electron chi connectivity index (χ3n) is 3.54. The minimum atomic E-state index is 0.443. The van der Waals surface area contributed by atoms with E-state index in [1.165, 1.54) is 5.01 Å². The first-order valence-electron chi connectivity index (χ1n) is 7.09. The molecule has 0 saturated carbocycles. The van der Waals surface area contributed by atoms with Crippen LogP contribution in [0.15, 0.2) is 43.0 Å². The van der Waals surface area contributed by atoms with Crippen molar-refractivity contribution in [2.75, 3.05) is 13.1 Å². The Labute approximate surface area is 138 Å². The molecule has 0 unspecified atom stereocenters. The maximum absolute atomic E-state index is 6.20.